The molecule has 0 aliphatic carbocycles. The van der Waals surface area contributed by atoms with Crippen molar-refractivity contribution in [3.63, 3.8) is 0 Å². The summed E-state index contributed by atoms with van der Waals surface area (Å²) < 4.78 is 1.72. The van der Waals surface area contributed by atoms with E-state index in [9.17, 15) is 5.11 Å². The van der Waals surface area contributed by atoms with Gasteiger partial charge in [0.1, 0.15) is 5.60 Å². The van der Waals surface area contributed by atoms with Crippen LogP contribution in [0.15, 0.2) is 12.3 Å². The van der Waals surface area contributed by atoms with Crippen LogP contribution in [0.3, 0.4) is 0 Å². The zero-order chi connectivity index (χ0) is 11.5. The van der Waals surface area contributed by atoms with Crippen molar-refractivity contribution in [3.8, 4) is 0 Å². The van der Waals surface area contributed by atoms with E-state index in [2.05, 4.69) is 24.3 Å². The van der Waals surface area contributed by atoms with Gasteiger partial charge in [0, 0.05) is 19.3 Å². The van der Waals surface area contributed by atoms with Crippen LogP contribution < -0.4 is 5.32 Å². The highest BCUT2D eigenvalue weighted by Crippen LogP contribution is 2.22. The molecule has 0 amide bonds. The molecule has 0 fully saturated rings. The first-order valence-corrected chi connectivity index (χ1v) is 5.38. The fourth-order valence-corrected chi connectivity index (χ4v) is 1.63. The fourth-order valence-electron chi connectivity index (χ4n) is 1.63. The van der Waals surface area contributed by atoms with Crippen molar-refractivity contribution in [1.82, 2.24) is 15.1 Å². The first kappa shape index (κ1) is 12.2. The second-order valence-electron chi connectivity index (χ2n) is 4.47. The molecule has 4 nitrogen and oxygen atoms in total. The standard InChI is InChI=1S/C11H21N3O/c1-9(2)12-8-6-11(3,15)10-5-7-13-14(10)4/h5,7,9,12,15H,6,8H2,1-4H3. The van der Waals surface area contributed by atoms with Gasteiger partial charge in [0.15, 0.2) is 0 Å². The van der Waals surface area contributed by atoms with Gasteiger partial charge < -0.3 is 10.4 Å². The Morgan fingerprint density at radius 1 is 1.60 bits per heavy atom. The summed E-state index contributed by atoms with van der Waals surface area (Å²) in [5.74, 6) is 0. The molecule has 0 radical (unpaired) electrons. The number of aryl methyl sites for hydroxylation is 1. The van der Waals surface area contributed by atoms with Gasteiger partial charge in [-0.1, -0.05) is 13.8 Å². The lowest BCUT2D eigenvalue weighted by molar-refractivity contribution is 0.0392. The van der Waals surface area contributed by atoms with Gasteiger partial charge in [-0.3, -0.25) is 4.68 Å². The minimum absolute atomic E-state index is 0.451. The molecule has 0 aliphatic rings. The van der Waals surface area contributed by atoms with Gasteiger partial charge in [0.2, 0.25) is 0 Å². The topological polar surface area (TPSA) is 50.1 Å². The van der Waals surface area contributed by atoms with Crippen LogP contribution in [0.2, 0.25) is 0 Å². The van der Waals surface area contributed by atoms with Crippen LogP contribution in [-0.2, 0) is 12.6 Å². The van der Waals surface area contributed by atoms with Crippen LogP contribution in [0, 0.1) is 0 Å². The average molecular weight is 211 g/mol. The fraction of sp³-hybridized carbons (Fsp3) is 0.727. The highest BCUT2D eigenvalue weighted by molar-refractivity contribution is 5.10. The molecule has 15 heavy (non-hydrogen) atoms. The molecule has 0 aromatic carbocycles. The molecular weight excluding hydrogens is 190 g/mol. The number of hydrogen-bond donors (Lipinski definition) is 2. The van der Waals surface area contributed by atoms with Gasteiger partial charge in [-0.2, -0.15) is 5.10 Å². The van der Waals surface area contributed by atoms with Crippen molar-refractivity contribution in [2.45, 2.75) is 38.8 Å². The molecule has 0 saturated carbocycles. The normalized spacial score (nSPS) is 15.6. The van der Waals surface area contributed by atoms with Crippen LogP contribution >= 0.6 is 0 Å². The summed E-state index contributed by atoms with van der Waals surface area (Å²) in [5.41, 5.74) is 0.0423. The van der Waals surface area contributed by atoms with Crippen LogP contribution in [0.1, 0.15) is 32.9 Å². The molecular formula is C11H21N3O. The second-order valence-corrected chi connectivity index (χ2v) is 4.47. The van der Waals surface area contributed by atoms with Gasteiger partial charge >= 0.3 is 0 Å². The summed E-state index contributed by atoms with van der Waals surface area (Å²) in [6.45, 7) is 6.82. The van der Waals surface area contributed by atoms with Crippen LogP contribution in [0.25, 0.3) is 0 Å². The minimum atomic E-state index is -0.812. The minimum Gasteiger partial charge on any atom is -0.384 e. The molecule has 1 atom stereocenters. The summed E-state index contributed by atoms with van der Waals surface area (Å²) in [7, 11) is 1.85. The molecule has 0 aliphatic heterocycles. The monoisotopic (exact) mass is 211 g/mol. The van der Waals surface area contributed by atoms with Gasteiger partial charge in [-0.15, -0.1) is 0 Å². The highest BCUT2D eigenvalue weighted by atomic mass is 16.3. The van der Waals surface area contributed by atoms with E-state index in [1.807, 2.05) is 20.0 Å². The van der Waals surface area contributed by atoms with E-state index >= 15 is 0 Å². The van der Waals surface area contributed by atoms with Gasteiger partial charge in [-0.25, -0.2) is 0 Å². The quantitative estimate of drug-likeness (QED) is 0.764. The van der Waals surface area contributed by atoms with E-state index in [4.69, 9.17) is 0 Å². The third-order valence-corrected chi connectivity index (χ3v) is 2.54. The number of aromatic nitrogens is 2. The molecule has 86 valence electrons. The van der Waals surface area contributed by atoms with E-state index in [0.717, 1.165) is 12.2 Å². The van der Waals surface area contributed by atoms with E-state index in [1.54, 1.807) is 10.9 Å². The first-order chi connectivity index (χ1) is 6.93. The van der Waals surface area contributed by atoms with Gasteiger partial charge in [-0.05, 0) is 26.0 Å². The molecule has 2 N–H and O–H groups in total. The number of aliphatic hydroxyl groups is 1. The molecule has 0 saturated heterocycles. The zero-order valence-corrected chi connectivity index (χ0v) is 9.99. The number of nitrogens with zero attached hydrogens (tertiary/aromatic N) is 2. The van der Waals surface area contributed by atoms with Crippen LogP contribution in [0.5, 0.6) is 0 Å². The largest absolute Gasteiger partial charge is 0.384 e. The zero-order valence-electron chi connectivity index (χ0n) is 9.99. The van der Waals surface area contributed by atoms with Crippen molar-refractivity contribution in [2.75, 3.05) is 6.54 Å². The van der Waals surface area contributed by atoms with E-state index in [0.29, 0.717) is 12.5 Å². The molecule has 0 spiro atoms. The Bertz CT molecular complexity index is 305. The smallest absolute Gasteiger partial charge is 0.105 e. The van der Waals surface area contributed by atoms with Gasteiger partial charge in [0.25, 0.3) is 0 Å². The number of hydrogen-bond acceptors (Lipinski definition) is 3. The van der Waals surface area contributed by atoms with Crippen molar-refractivity contribution >= 4 is 0 Å². The molecule has 1 aromatic rings. The van der Waals surface area contributed by atoms with Crippen LogP contribution in [0.4, 0.5) is 0 Å². The Kier molecular flexibility index (Phi) is 3.88. The summed E-state index contributed by atoms with van der Waals surface area (Å²) in [5, 5.41) is 17.6. The summed E-state index contributed by atoms with van der Waals surface area (Å²) in [6, 6.07) is 2.31. The van der Waals surface area contributed by atoms with Crippen molar-refractivity contribution in [1.29, 1.82) is 0 Å². The average Bonchev–Trinajstić information content (AvgIpc) is 2.50. The second kappa shape index (κ2) is 4.77. The summed E-state index contributed by atoms with van der Waals surface area (Å²) in [4.78, 5) is 0. The first-order valence-electron chi connectivity index (χ1n) is 5.38. The third kappa shape index (κ3) is 3.32. The Labute approximate surface area is 91.3 Å². The maximum absolute atomic E-state index is 10.3. The Balaban J connectivity index is 2.56. The molecule has 4 heteroatoms. The molecule has 1 aromatic heterocycles. The van der Waals surface area contributed by atoms with Crippen molar-refractivity contribution in [2.24, 2.45) is 7.05 Å². The van der Waals surface area contributed by atoms with E-state index in [-0.39, 0.29) is 0 Å². The Morgan fingerprint density at radius 2 is 2.27 bits per heavy atom. The van der Waals surface area contributed by atoms with E-state index < -0.39 is 5.60 Å². The Hall–Kier alpha value is -0.870. The molecule has 1 rings (SSSR count). The van der Waals surface area contributed by atoms with Crippen molar-refractivity contribution < 1.29 is 5.11 Å². The maximum Gasteiger partial charge on any atom is 0.105 e. The van der Waals surface area contributed by atoms with E-state index in [1.165, 1.54) is 0 Å². The maximum atomic E-state index is 10.3. The summed E-state index contributed by atoms with van der Waals surface area (Å²) in [6.07, 6.45) is 2.39. The number of rotatable bonds is 5. The predicted octanol–water partition coefficient (Wildman–Crippen LogP) is 1.02. The number of nitrogens with one attached hydrogen (secondary N) is 1. The lowest BCUT2D eigenvalue weighted by Crippen LogP contribution is -2.32. The highest BCUT2D eigenvalue weighted by Gasteiger charge is 2.25. The summed E-state index contributed by atoms with van der Waals surface area (Å²) >= 11 is 0. The lowest BCUT2D eigenvalue weighted by atomic mass is 9.98. The van der Waals surface area contributed by atoms with Gasteiger partial charge in [0.05, 0.1) is 5.69 Å². The lowest BCUT2D eigenvalue weighted by Gasteiger charge is -2.24. The van der Waals surface area contributed by atoms with Crippen LogP contribution in [-0.4, -0.2) is 27.5 Å². The molecule has 1 heterocycles. The third-order valence-electron chi connectivity index (χ3n) is 2.54. The Morgan fingerprint density at radius 3 is 2.73 bits per heavy atom. The SMILES string of the molecule is CC(C)NCCC(C)(O)c1ccnn1C. The van der Waals surface area contributed by atoms with Crippen molar-refractivity contribution in [3.05, 3.63) is 18.0 Å². The predicted molar refractivity (Wildman–Crippen MR) is 60.5 cm³/mol. The molecule has 1 unspecified atom stereocenters. The molecule has 0 bridgehead atoms.